The molecule has 0 aliphatic carbocycles. The maximum absolute atomic E-state index is 12.4. The average Bonchev–Trinajstić information content (AvgIpc) is 3.13. The van der Waals surface area contributed by atoms with Gasteiger partial charge in [-0.2, -0.15) is 0 Å². The first-order valence-corrected chi connectivity index (χ1v) is 11.7. The van der Waals surface area contributed by atoms with Crippen molar-refractivity contribution in [3.63, 3.8) is 0 Å². The molecule has 1 saturated heterocycles. The summed E-state index contributed by atoms with van der Waals surface area (Å²) in [6.45, 7) is 5.73. The van der Waals surface area contributed by atoms with E-state index in [1.807, 2.05) is 41.5 Å². The molecule has 30 heavy (non-hydrogen) atoms. The molecule has 2 N–H and O–H groups in total. The average molecular weight is 429 g/mol. The molecule has 1 aromatic carbocycles. The summed E-state index contributed by atoms with van der Waals surface area (Å²) in [6.07, 6.45) is 5.10. The van der Waals surface area contributed by atoms with Crippen LogP contribution < -0.4 is 15.5 Å². The van der Waals surface area contributed by atoms with Gasteiger partial charge in [0.2, 0.25) is 11.8 Å². The van der Waals surface area contributed by atoms with Crippen LogP contribution in [0.2, 0.25) is 0 Å². The van der Waals surface area contributed by atoms with Crippen LogP contribution in [0.25, 0.3) is 0 Å². The van der Waals surface area contributed by atoms with Crippen LogP contribution in [-0.2, 0) is 16.1 Å². The smallest absolute Gasteiger partial charge is 0.238 e. The predicted molar refractivity (Wildman–Crippen MR) is 124 cm³/mol. The minimum Gasteiger partial charge on any atom is -0.372 e. The Bertz CT molecular complexity index is 784. The fourth-order valence-corrected chi connectivity index (χ4v) is 4.27. The van der Waals surface area contributed by atoms with Crippen molar-refractivity contribution >= 4 is 34.5 Å². The Morgan fingerprint density at radius 1 is 1.00 bits per heavy atom. The van der Waals surface area contributed by atoms with Gasteiger partial charge in [0.05, 0.1) is 19.6 Å². The van der Waals surface area contributed by atoms with E-state index in [1.165, 1.54) is 31.4 Å². The number of carbonyl (C=O) groups is 2. The Kier molecular flexibility index (Phi) is 8.71. The summed E-state index contributed by atoms with van der Waals surface area (Å²) in [6, 6.07) is 12.0. The molecular weight excluding hydrogens is 396 g/mol. The summed E-state index contributed by atoms with van der Waals surface area (Å²) in [5, 5.41) is 7.85. The summed E-state index contributed by atoms with van der Waals surface area (Å²) in [7, 11) is 0. The molecule has 1 aliphatic rings. The number of carbonyl (C=O) groups excluding carboxylic acids is 2. The van der Waals surface area contributed by atoms with E-state index in [0.29, 0.717) is 13.1 Å². The number of amides is 2. The highest BCUT2D eigenvalue weighted by atomic mass is 32.1. The van der Waals surface area contributed by atoms with Crippen LogP contribution >= 0.6 is 11.3 Å². The van der Waals surface area contributed by atoms with E-state index in [9.17, 15) is 9.59 Å². The SMILES string of the molecule is CCN(CC(=O)NCc1cccs1)CC(=O)Nc1ccc(N2CCCCCC2)cc1. The second-order valence-corrected chi connectivity index (χ2v) is 8.69. The molecule has 1 aliphatic heterocycles. The third kappa shape index (κ3) is 7.15. The van der Waals surface area contributed by atoms with E-state index >= 15 is 0 Å². The van der Waals surface area contributed by atoms with E-state index in [2.05, 4.69) is 27.7 Å². The molecule has 1 fully saturated rings. The first-order chi connectivity index (χ1) is 14.6. The fourth-order valence-electron chi connectivity index (χ4n) is 3.63. The lowest BCUT2D eigenvalue weighted by Crippen LogP contribution is -2.40. The van der Waals surface area contributed by atoms with Crippen molar-refractivity contribution in [2.45, 2.75) is 39.2 Å². The highest BCUT2D eigenvalue weighted by Crippen LogP contribution is 2.21. The molecule has 0 atom stereocenters. The van der Waals surface area contributed by atoms with Gasteiger partial charge in [0.25, 0.3) is 0 Å². The molecule has 2 amide bonds. The standard InChI is InChI=1S/C23H32N4O2S/c1-2-26(17-22(28)24-16-21-8-7-15-30-21)18-23(29)25-19-9-11-20(12-10-19)27-13-5-3-4-6-14-27/h7-12,15H,2-6,13-14,16-18H2,1H3,(H,24,28)(H,25,29). The van der Waals surface area contributed by atoms with Crippen molar-refractivity contribution in [1.29, 1.82) is 0 Å². The van der Waals surface area contributed by atoms with E-state index in [0.717, 1.165) is 23.7 Å². The van der Waals surface area contributed by atoms with Gasteiger partial charge in [0.1, 0.15) is 0 Å². The van der Waals surface area contributed by atoms with Crippen LogP contribution in [0.5, 0.6) is 0 Å². The Balaban J connectivity index is 1.44. The third-order valence-electron chi connectivity index (χ3n) is 5.34. The zero-order valence-electron chi connectivity index (χ0n) is 17.7. The largest absolute Gasteiger partial charge is 0.372 e. The number of anilines is 2. The summed E-state index contributed by atoms with van der Waals surface area (Å²) < 4.78 is 0. The minimum atomic E-state index is -0.106. The number of benzene rings is 1. The van der Waals surface area contributed by atoms with Gasteiger partial charge in [0.15, 0.2) is 0 Å². The Morgan fingerprint density at radius 3 is 2.33 bits per heavy atom. The Labute approximate surface area is 183 Å². The highest BCUT2D eigenvalue weighted by Gasteiger charge is 2.14. The van der Waals surface area contributed by atoms with Gasteiger partial charge >= 0.3 is 0 Å². The molecule has 0 unspecified atom stereocenters. The molecule has 0 bridgehead atoms. The van der Waals surface area contributed by atoms with Crippen LogP contribution in [0.15, 0.2) is 41.8 Å². The lowest BCUT2D eigenvalue weighted by Gasteiger charge is -2.23. The zero-order chi connectivity index (χ0) is 21.2. The number of nitrogens with zero attached hydrogens (tertiary/aromatic N) is 2. The number of thiophene rings is 1. The zero-order valence-corrected chi connectivity index (χ0v) is 18.5. The maximum Gasteiger partial charge on any atom is 0.238 e. The van der Waals surface area contributed by atoms with Gasteiger partial charge in [-0.1, -0.05) is 25.8 Å². The summed E-state index contributed by atoms with van der Waals surface area (Å²) in [5.41, 5.74) is 2.00. The van der Waals surface area contributed by atoms with Gasteiger partial charge in [0, 0.05) is 29.3 Å². The van der Waals surface area contributed by atoms with Crippen LogP contribution in [0, 0.1) is 0 Å². The van der Waals surface area contributed by atoms with Gasteiger partial charge < -0.3 is 15.5 Å². The van der Waals surface area contributed by atoms with Crippen LogP contribution in [0.4, 0.5) is 11.4 Å². The fraction of sp³-hybridized carbons (Fsp3) is 0.478. The highest BCUT2D eigenvalue weighted by molar-refractivity contribution is 7.09. The van der Waals surface area contributed by atoms with Crippen molar-refractivity contribution in [3.05, 3.63) is 46.7 Å². The van der Waals surface area contributed by atoms with E-state index in [1.54, 1.807) is 11.3 Å². The number of hydrogen-bond acceptors (Lipinski definition) is 5. The molecule has 0 spiro atoms. The molecule has 0 radical (unpaired) electrons. The van der Waals surface area contributed by atoms with Crippen molar-refractivity contribution in [3.8, 4) is 0 Å². The third-order valence-corrected chi connectivity index (χ3v) is 6.22. The minimum absolute atomic E-state index is 0.0696. The van der Waals surface area contributed by atoms with E-state index in [-0.39, 0.29) is 24.9 Å². The van der Waals surface area contributed by atoms with Crippen molar-refractivity contribution in [1.82, 2.24) is 10.2 Å². The lowest BCUT2D eigenvalue weighted by molar-refractivity contribution is -0.123. The first kappa shape index (κ1) is 22.3. The summed E-state index contributed by atoms with van der Waals surface area (Å²) in [4.78, 5) is 30.0. The summed E-state index contributed by atoms with van der Waals surface area (Å²) >= 11 is 1.62. The monoisotopic (exact) mass is 428 g/mol. The number of nitrogens with one attached hydrogen (secondary N) is 2. The van der Waals surface area contributed by atoms with E-state index < -0.39 is 0 Å². The Hall–Kier alpha value is -2.38. The number of rotatable bonds is 9. The van der Waals surface area contributed by atoms with Gasteiger partial charge in [-0.3, -0.25) is 14.5 Å². The number of hydrogen-bond donors (Lipinski definition) is 2. The lowest BCUT2D eigenvalue weighted by atomic mass is 10.2. The molecule has 2 heterocycles. The molecule has 7 heteroatoms. The molecular formula is C23H32N4O2S. The first-order valence-electron chi connectivity index (χ1n) is 10.8. The number of likely N-dealkylation sites (N-methyl/N-ethyl adjacent to an activating group) is 1. The molecule has 6 nitrogen and oxygen atoms in total. The second kappa shape index (κ2) is 11.7. The maximum atomic E-state index is 12.4. The van der Waals surface area contributed by atoms with Crippen molar-refractivity contribution < 1.29 is 9.59 Å². The quantitative estimate of drug-likeness (QED) is 0.639. The molecule has 162 valence electrons. The second-order valence-electron chi connectivity index (χ2n) is 7.66. The molecule has 0 saturated carbocycles. The molecule has 3 rings (SSSR count). The van der Waals surface area contributed by atoms with Gasteiger partial charge in [-0.25, -0.2) is 0 Å². The summed E-state index contributed by atoms with van der Waals surface area (Å²) in [5.74, 6) is -0.176. The van der Waals surface area contributed by atoms with Gasteiger partial charge in [-0.05, 0) is 55.1 Å². The van der Waals surface area contributed by atoms with Crippen molar-refractivity contribution in [2.24, 2.45) is 0 Å². The molecule has 1 aromatic heterocycles. The van der Waals surface area contributed by atoms with Crippen molar-refractivity contribution in [2.75, 3.05) is 42.9 Å². The van der Waals surface area contributed by atoms with Gasteiger partial charge in [-0.15, -0.1) is 11.3 Å². The van der Waals surface area contributed by atoms with Crippen LogP contribution in [0.1, 0.15) is 37.5 Å². The normalized spacial score (nSPS) is 14.4. The topological polar surface area (TPSA) is 64.7 Å². The van der Waals surface area contributed by atoms with Crippen LogP contribution in [0.3, 0.4) is 0 Å². The molecule has 2 aromatic rings. The van der Waals surface area contributed by atoms with Crippen LogP contribution in [-0.4, -0.2) is 49.4 Å². The van der Waals surface area contributed by atoms with E-state index in [4.69, 9.17) is 0 Å². The predicted octanol–water partition coefficient (Wildman–Crippen LogP) is 3.71. The Morgan fingerprint density at radius 2 is 1.70 bits per heavy atom.